The van der Waals surface area contributed by atoms with E-state index in [2.05, 4.69) is 15.3 Å². The average Bonchev–Trinajstić information content (AvgIpc) is 3.07. The van der Waals surface area contributed by atoms with Crippen LogP contribution in [0.2, 0.25) is 0 Å². The number of carbonyl (C=O) groups excluding carboxylic acids is 2. The maximum atomic E-state index is 12.2. The second kappa shape index (κ2) is 5.99. The van der Waals surface area contributed by atoms with Gasteiger partial charge >= 0.3 is 0 Å². The van der Waals surface area contributed by atoms with Crippen molar-refractivity contribution in [2.75, 3.05) is 13.1 Å². The predicted molar refractivity (Wildman–Crippen MR) is 80.2 cm³/mol. The van der Waals surface area contributed by atoms with Crippen molar-refractivity contribution >= 4 is 28.1 Å². The first-order valence-electron chi connectivity index (χ1n) is 7.29. The Bertz CT molecular complexity index is 701. The van der Waals surface area contributed by atoms with Crippen LogP contribution in [0.3, 0.4) is 0 Å². The number of hydrogen-bond donors (Lipinski definition) is 1. The third kappa shape index (κ3) is 2.94. The summed E-state index contributed by atoms with van der Waals surface area (Å²) < 4.78 is 1.70. The van der Waals surface area contributed by atoms with E-state index in [0.717, 1.165) is 15.8 Å². The van der Waals surface area contributed by atoms with Crippen LogP contribution in [0, 0.1) is 12.8 Å². The van der Waals surface area contributed by atoms with Crippen LogP contribution in [0.4, 0.5) is 0 Å². The highest BCUT2D eigenvalue weighted by molar-refractivity contribution is 7.16. The van der Waals surface area contributed by atoms with Crippen LogP contribution in [-0.4, -0.2) is 49.6 Å². The molecule has 0 unspecified atom stereocenters. The molecule has 0 aliphatic carbocycles. The van der Waals surface area contributed by atoms with E-state index in [0.29, 0.717) is 38.8 Å². The molecule has 1 saturated heterocycles. The van der Waals surface area contributed by atoms with Gasteiger partial charge in [-0.15, -0.1) is 10.2 Å². The Labute approximate surface area is 131 Å². The number of fused-ring (bicyclic) bond motifs is 1. The van der Waals surface area contributed by atoms with Gasteiger partial charge in [0.15, 0.2) is 5.82 Å². The molecular formula is C13H18N6O2S. The number of primary amides is 1. The predicted octanol–water partition coefficient (Wildman–Crippen LogP) is 0.151. The Kier molecular flexibility index (Phi) is 4.06. The number of hydrogen-bond acceptors (Lipinski definition) is 6. The minimum absolute atomic E-state index is 0.0914. The first-order valence-corrected chi connectivity index (χ1v) is 8.11. The first-order chi connectivity index (χ1) is 10.5. The molecule has 0 atom stereocenters. The molecular weight excluding hydrogens is 304 g/mol. The normalized spacial score (nSPS) is 16.3. The van der Waals surface area contributed by atoms with Crippen molar-refractivity contribution in [3.63, 3.8) is 0 Å². The number of nitrogens with two attached hydrogens (primary N) is 1. The molecule has 1 aliphatic heterocycles. The number of likely N-dealkylation sites (tertiary alicyclic amines) is 1. The van der Waals surface area contributed by atoms with Crippen LogP contribution in [-0.2, 0) is 16.0 Å². The zero-order valence-corrected chi connectivity index (χ0v) is 13.2. The summed E-state index contributed by atoms with van der Waals surface area (Å²) >= 11 is 1.46. The summed E-state index contributed by atoms with van der Waals surface area (Å²) in [6, 6.07) is 0. The Morgan fingerprint density at radius 1 is 1.32 bits per heavy atom. The van der Waals surface area contributed by atoms with Crippen LogP contribution in [0.1, 0.15) is 30.1 Å². The van der Waals surface area contributed by atoms with Gasteiger partial charge in [-0.3, -0.25) is 9.59 Å². The smallest absolute Gasteiger partial charge is 0.234 e. The lowest BCUT2D eigenvalue weighted by atomic mass is 9.96. The summed E-state index contributed by atoms with van der Waals surface area (Å²) in [5, 5.41) is 13.2. The SMILES string of the molecule is Cc1nnc2sc(CCC(=O)N3CCC(C(N)=O)CC3)nn12. The molecule has 118 valence electrons. The molecule has 2 amide bonds. The fraction of sp³-hybridized carbons (Fsp3) is 0.615. The van der Waals surface area contributed by atoms with Gasteiger partial charge in [-0.2, -0.15) is 9.61 Å². The van der Waals surface area contributed by atoms with Crippen molar-refractivity contribution in [3.8, 4) is 0 Å². The fourth-order valence-electron chi connectivity index (χ4n) is 2.64. The monoisotopic (exact) mass is 322 g/mol. The van der Waals surface area contributed by atoms with Gasteiger partial charge in [0.1, 0.15) is 5.01 Å². The minimum Gasteiger partial charge on any atom is -0.369 e. The van der Waals surface area contributed by atoms with E-state index in [1.54, 1.807) is 4.52 Å². The van der Waals surface area contributed by atoms with Crippen LogP contribution in [0.25, 0.3) is 4.96 Å². The quantitative estimate of drug-likeness (QED) is 0.862. The minimum atomic E-state index is -0.262. The van der Waals surface area contributed by atoms with Crippen LogP contribution in [0.15, 0.2) is 0 Å². The summed E-state index contributed by atoms with van der Waals surface area (Å²) in [4.78, 5) is 25.9. The summed E-state index contributed by atoms with van der Waals surface area (Å²) in [6.45, 7) is 3.06. The van der Waals surface area contributed by atoms with Crippen molar-refractivity contribution in [2.45, 2.75) is 32.6 Å². The first kappa shape index (κ1) is 14.9. The molecule has 2 aromatic heterocycles. The van der Waals surface area contributed by atoms with Gasteiger partial charge in [0, 0.05) is 31.8 Å². The maximum Gasteiger partial charge on any atom is 0.234 e. The second-order valence-electron chi connectivity index (χ2n) is 5.49. The van der Waals surface area contributed by atoms with Crippen LogP contribution >= 0.6 is 11.3 Å². The summed E-state index contributed by atoms with van der Waals surface area (Å²) in [7, 11) is 0. The molecule has 1 fully saturated rings. The standard InChI is InChI=1S/C13H18N6O2S/c1-8-15-16-13-19(8)17-10(22-13)2-3-11(20)18-6-4-9(5-7-18)12(14)21/h9H,2-7H2,1H3,(H2,14,21). The van der Waals surface area contributed by atoms with Gasteiger partial charge in [-0.25, -0.2) is 0 Å². The number of carbonyl (C=O) groups is 2. The summed E-state index contributed by atoms with van der Waals surface area (Å²) in [5.41, 5.74) is 5.30. The molecule has 0 saturated carbocycles. The van der Waals surface area contributed by atoms with Gasteiger partial charge in [-0.1, -0.05) is 11.3 Å². The van der Waals surface area contributed by atoms with E-state index < -0.39 is 0 Å². The lowest BCUT2D eigenvalue weighted by molar-refractivity contribution is -0.134. The average molecular weight is 322 g/mol. The number of amides is 2. The second-order valence-corrected chi connectivity index (χ2v) is 6.54. The highest BCUT2D eigenvalue weighted by Crippen LogP contribution is 2.19. The largest absolute Gasteiger partial charge is 0.369 e. The number of aromatic nitrogens is 4. The Balaban J connectivity index is 1.53. The number of piperidine rings is 1. The molecule has 0 aromatic carbocycles. The van der Waals surface area contributed by atoms with E-state index in [9.17, 15) is 9.59 Å². The molecule has 3 heterocycles. The van der Waals surface area contributed by atoms with Crippen molar-refractivity contribution in [1.82, 2.24) is 24.7 Å². The molecule has 2 aromatic rings. The van der Waals surface area contributed by atoms with E-state index in [4.69, 9.17) is 5.73 Å². The zero-order chi connectivity index (χ0) is 15.7. The molecule has 0 radical (unpaired) electrons. The Morgan fingerprint density at radius 3 is 2.68 bits per heavy atom. The zero-order valence-electron chi connectivity index (χ0n) is 12.4. The third-order valence-corrected chi connectivity index (χ3v) is 4.95. The molecule has 1 aliphatic rings. The van der Waals surface area contributed by atoms with E-state index in [1.165, 1.54) is 11.3 Å². The van der Waals surface area contributed by atoms with Crippen molar-refractivity contribution in [1.29, 1.82) is 0 Å². The van der Waals surface area contributed by atoms with E-state index in [-0.39, 0.29) is 17.7 Å². The van der Waals surface area contributed by atoms with Crippen LogP contribution < -0.4 is 5.73 Å². The van der Waals surface area contributed by atoms with E-state index in [1.807, 2.05) is 11.8 Å². The van der Waals surface area contributed by atoms with Gasteiger partial charge in [-0.05, 0) is 19.8 Å². The maximum absolute atomic E-state index is 12.2. The Hall–Kier alpha value is -2.03. The number of aryl methyl sites for hydroxylation is 2. The molecule has 8 nitrogen and oxygen atoms in total. The highest BCUT2D eigenvalue weighted by Gasteiger charge is 2.25. The summed E-state index contributed by atoms with van der Waals surface area (Å²) in [5.74, 6) is 0.497. The van der Waals surface area contributed by atoms with Crippen molar-refractivity contribution in [2.24, 2.45) is 11.7 Å². The van der Waals surface area contributed by atoms with Gasteiger partial charge < -0.3 is 10.6 Å². The number of rotatable bonds is 4. The molecule has 2 N–H and O–H groups in total. The van der Waals surface area contributed by atoms with Gasteiger partial charge in [0.05, 0.1) is 0 Å². The van der Waals surface area contributed by atoms with Gasteiger partial charge in [0.25, 0.3) is 0 Å². The topological polar surface area (TPSA) is 106 Å². The molecule has 0 spiro atoms. The van der Waals surface area contributed by atoms with Crippen LogP contribution in [0.5, 0.6) is 0 Å². The third-order valence-electron chi connectivity index (χ3n) is 3.99. The van der Waals surface area contributed by atoms with Crippen molar-refractivity contribution < 1.29 is 9.59 Å². The lowest BCUT2D eigenvalue weighted by Gasteiger charge is -2.30. The fourth-order valence-corrected chi connectivity index (χ4v) is 3.52. The lowest BCUT2D eigenvalue weighted by Crippen LogP contribution is -2.41. The Morgan fingerprint density at radius 2 is 2.05 bits per heavy atom. The molecule has 22 heavy (non-hydrogen) atoms. The number of nitrogens with zero attached hydrogens (tertiary/aromatic N) is 5. The highest BCUT2D eigenvalue weighted by atomic mass is 32.1. The molecule has 3 rings (SSSR count). The van der Waals surface area contributed by atoms with Gasteiger partial charge in [0.2, 0.25) is 16.8 Å². The summed E-state index contributed by atoms with van der Waals surface area (Å²) in [6.07, 6.45) is 2.35. The molecule has 9 heteroatoms. The van der Waals surface area contributed by atoms with E-state index >= 15 is 0 Å². The molecule has 0 bridgehead atoms. The van der Waals surface area contributed by atoms with Crippen molar-refractivity contribution in [3.05, 3.63) is 10.8 Å².